The summed E-state index contributed by atoms with van der Waals surface area (Å²) in [5.74, 6) is 0.0359. The van der Waals surface area contributed by atoms with E-state index in [4.69, 9.17) is 4.42 Å². The lowest BCUT2D eigenvalue weighted by Gasteiger charge is -2.08. The molecule has 1 aromatic carbocycles. The van der Waals surface area contributed by atoms with E-state index in [-0.39, 0.29) is 23.3 Å². The van der Waals surface area contributed by atoms with Crippen molar-refractivity contribution in [2.75, 3.05) is 16.4 Å². The minimum Gasteiger partial charge on any atom is -0.459 e. The molecule has 25 heavy (non-hydrogen) atoms. The van der Waals surface area contributed by atoms with Crippen molar-refractivity contribution in [3.05, 3.63) is 72.9 Å². The van der Waals surface area contributed by atoms with Crippen molar-refractivity contribution in [2.45, 2.75) is 4.90 Å². The highest BCUT2D eigenvalue weighted by Gasteiger charge is 2.09. The van der Waals surface area contributed by atoms with Gasteiger partial charge in [0, 0.05) is 28.7 Å². The molecule has 0 aliphatic heterocycles. The van der Waals surface area contributed by atoms with Crippen LogP contribution in [0.1, 0.15) is 10.6 Å². The summed E-state index contributed by atoms with van der Waals surface area (Å²) < 4.78 is 5.05. The van der Waals surface area contributed by atoms with Crippen molar-refractivity contribution in [1.82, 2.24) is 4.98 Å². The zero-order valence-corrected chi connectivity index (χ0v) is 14.0. The third-order valence-electron chi connectivity index (χ3n) is 3.17. The summed E-state index contributed by atoms with van der Waals surface area (Å²) in [7, 11) is 0. The minimum atomic E-state index is -0.346. The van der Waals surface area contributed by atoms with Crippen molar-refractivity contribution in [3.63, 3.8) is 0 Å². The van der Waals surface area contributed by atoms with E-state index in [1.54, 1.807) is 48.8 Å². The molecule has 0 saturated heterocycles. The largest absolute Gasteiger partial charge is 0.459 e. The number of amides is 2. The summed E-state index contributed by atoms with van der Waals surface area (Å²) >= 11 is 1.43. The maximum atomic E-state index is 12.1. The Morgan fingerprint density at radius 1 is 1.00 bits per heavy atom. The van der Waals surface area contributed by atoms with E-state index in [9.17, 15) is 9.59 Å². The molecule has 0 aliphatic carbocycles. The molecule has 2 heterocycles. The first-order valence-corrected chi connectivity index (χ1v) is 8.47. The molecule has 0 radical (unpaired) electrons. The Morgan fingerprint density at radius 2 is 1.76 bits per heavy atom. The van der Waals surface area contributed by atoms with Gasteiger partial charge in [-0.1, -0.05) is 6.07 Å². The topological polar surface area (TPSA) is 84.2 Å². The molecule has 0 spiro atoms. The number of hydrogen-bond donors (Lipinski definition) is 2. The van der Waals surface area contributed by atoms with Gasteiger partial charge in [-0.25, -0.2) is 0 Å². The molecule has 0 unspecified atom stereocenters. The first-order valence-electron chi connectivity index (χ1n) is 7.48. The van der Waals surface area contributed by atoms with Gasteiger partial charge in [0.25, 0.3) is 5.91 Å². The first-order chi connectivity index (χ1) is 12.2. The van der Waals surface area contributed by atoms with Gasteiger partial charge in [0.1, 0.15) is 0 Å². The summed E-state index contributed by atoms with van der Waals surface area (Å²) in [5.41, 5.74) is 1.18. The van der Waals surface area contributed by atoms with Crippen molar-refractivity contribution in [1.29, 1.82) is 0 Å². The van der Waals surface area contributed by atoms with E-state index < -0.39 is 0 Å². The standard InChI is InChI=1S/C18H15N3O3S/c22-17(12-25-15-6-8-19-9-7-15)20-13-3-1-4-14(11-13)21-18(23)16-5-2-10-24-16/h1-11H,12H2,(H,20,22)(H,21,23). The van der Waals surface area contributed by atoms with Crippen LogP contribution in [-0.2, 0) is 4.79 Å². The van der Waals surface area contributed by atoms with Crippen LogP contribution in [0.5, 0.6) is 0 Å². The van der Waals surface area contributed by atoms with Crippen molar-refractivity contribution < 1.29 is 14.0 Å². The number of thioether (sulfide) groups is 1. The normalized spacial score (nSPS) is 10.2. The average Bonchev–Trinajstić information content (AvgIpc) is 3.16. The molecule has 7 heteroatoms. The number of aromatic nitrogens is 1. The number of hydrogen-bond acceptors (Lipinski definition) is 5. The molecule has 0 saturated carbocycles. The van der Waals surface area contributed by atoms with Gasteiger partial charge in [0.15, 0.2) is 5.76 Å². The maximum absolute atomic E-state index is 12.1. The molecule has 3 aromatic rings. The Hall–Kier alpha value is -3.06. The minimum absolute atomic E-state index is 0.128. The van der Waals surface area contributed by atoms with Gasteiger partial charge in [-0.3, -0.25) is 14.6 Å². The number of carbonyl (C=O) groups excluding carboxylic acids is 2. The zero-order valence-electron chi connectivity index (χ0n) is 13.1. The summed E-state index contributed by atoms with van der Waals surface area (Å²) in [6.07, 6.45) is 4.81. The van der Waals surface area contributed by atoms with Crippen molar-refractivity contribution in [3.8, 4) is 0 Å². The SMILES string of the molecule is O=C(CSc1ccncc1)Nc1cccc(NC(=O)c2ccco2)c1. The van der Waals surface area contributed by atoms with E-state index in [0.29, 0.717) is 11.4 Å². The molecule has 6 nitrogen and oxygen atoms in total. The Balaban J connectivity index is 1.56. The number of carbonyl (C=O) groups is 2. The highest BCUT2D eigenvalue weighted by molar-refractivity contribution is 8.00. The Bertz CT molecular complexity index is 851. The number of anilines is 2. The molecule has 0 fully saturated rings. The number of furan rings is 1. The molecular formula is C18H15N3O3S. The van der Waals surface area contributed by atoms with Gasteiger partial charge in [0.2, 0.25) is 5.91 Å². The van der Waals surface area contributed by atoms with Crippen LogP contribution in [0, 0.1) is 0 Å². The van der Waals surface area contributed by atoms with Crippen LogP contribution in [0.15, 0.2) is 76.5 Å². The number of benzene rings is 1. The van der Waals surface area contributed by atoms with E-state index in [1.807, 2.05) is 12.1 Å². The van der Waals surface area contributed by atoms with Crippen LogP contribution >= 0.6 is 11.8 Å². The fourth-order valence-electron chi connectivity index (χ4n) is 2.06. The van der Waals surface area contributed by atoms with Crippen LogP contribution in [0.4, 0.5) is 11.4 Å². The van der Waals surface area contributed by atoms with Crippen molar-refractivity contribution in [2.24, 2.45) is 0 Å². The van der Waals surface area contributed by atoms with Crippen LogP contribution in [-0.4, -0.2) is 22.6 Å². The summed E-state index contributed by atoms with van der Waals surface area (Å²) in [4.78, 5) is 28.9. The molecule has 3 rings (SSSR count). The van der Waals surface area contributed by atoms with Crippen LogP contribution in [0.2, 0.25) is 0 Å². The van der Waals surface area contributed by atoms with Crippen LogP contribution in [0.3, 0.4) is 0 Å². The summed E-state index contributed by atoms with van der Waals surface area (Å²) in [6, 6.07) is 13.9. The second-order valence-electron chi connectivity index (χ2n) is 5.03. The molecule has 0 atom stereocenters. The van der Waals surface area contributed by atoms with E-state index in [0.717, 1.165) is 4.90 Å². The third-order valence-corrected chi connectivity index (χ3v) is 4.18. The first kappa shape index (κ1) is 16.8. The molecule has 0 aliphatic rings. The Labute approximate surface area is 148 Å². The Kier molecular flexibility index (Phi) is 5.48. The molecule has 126 valence electrons. The zero-order chi connectivity index (χ0) is 17.5. The predicted octanol–water partition coefficient (Wildman–Crippen LogP) is 3.66. The molecule has 0 bridgehead atoms. The van der Waals surface area contributed by atoms with Crippen LogP contribution in [0.25, 0.3) is 0 Å². The van der Waals surface area contributed by atoms with Crippen LogP contribution < -0.4 is 10.6 Å². The molecular weight excluding hydrogens is 338 g/mol. The van der Waals surface area contributed by atoms with Gasteiger partial charge in [0.05, 0.1) is 12.0 Å². The molecule has 2 N–H and O–H groups in total. The van der Waals surface area contributed by atoms with Gasteiger partial charge < -0.3 is 15.1 Å². The monoisotopic (exact) mass is 353 g/mol. The fraction of sp³-hybridized carbons (Fsp3) is 0.0556. The smallest absolute Gasteiger partial charge is 0.291 e. The van der Waals surface area contributed by atoms with Gasteiger partial charge in [-0.15, -0.1) is 11.8 Å². The maximum Gasteiger partial charge on any atom is 0.291 e. The van der Waals surface area contributed by atoms with E-state index in [2.05, 4.69) is 15.6 Å². The molecule has 2 amide bonds. The lowest BCUT2D eigenvalue weighted by molar-refractivity contribution is -0.113. The summed E-state index contributed by atoms with van der Waals surface area (Å²) in [6.45, 7) is 0. The number of nitrogens with zero attached hydrogens (tertiary/aromatic N) is 1. The average molecular weight is 353 g/mol. The number of rotatable bonds is 6. The highest BCUT2D eigenvalue weighted by atomic mass is 32.2. The van der Waals surface area contributed by atoms with Gasteiger partial charge >= 0.3 is 0 Å². The predicted molar refractivity (Wildman–Crippen MR) is 96.7 cm³/mol. The van der Waals surface area contributed by atoms with E-state index in [1.165, 1.54) is 18.0 Å². The lowest BCUT2D eigenvalue weighted by Crippen LogP contribution is -2.15. The molecule has 2 aromatic heterocycles. The highest BCUT2D eigenvalue weighted by Crippen LogP contribution is 2.19. The van der Waals surface area contributed by atoms with Gasteiger partial charge in [-0.05, 0) is 42.5 Å². The number of pyridine rings is 1. The lowest BCUT2D eigenvalue weighted by atomic mass is 10.2. The fourth-order valence-corrected chi connectivity index (χ4v) is 2.74. The third kappa shape index (κ3) is 4.95. The summed E-state index contributed by atoms with van der Waals surface area (Å²) in [5, 5.41) is 5.53. The second-order valence-corrected chi connectivity index (χ2v) is 6.08. The van der Waals surface area contributed by atoms with E-state index >= 15 is 0 Å². The van der Waals surface area contributed by atoms with Gasteiger partial charge in [-0.2, -0.15) is 0 Å². The second kappa shape index (κ2) is 8.16. The quantitative estimate of drug-likeness (QED) is 0.661. The number of nitrogens with one attached hydrogen (secondary N) is 2. The Morgan fingerprint density at radius 3 is 2.48 bits per heavy atom. The van der Waals surface area contributed by atoms with Crippen molar-refractivity contribution >= 4 is 35.0 Å².